The van der Waals surface area contributed by atoms with Crippen LogP contribution in [0.3, 0.4) is 0 Å². The Balaban J connectivity index is 2.03. The molecule has 1 aromatic heterocycles. The molecule has 16 heavy (non-hydrogen) atoms. The molecule has 0 radical (unpaired) electrons. The molecule has 88 valence electrons. The van der Waals surface area contributed by atoms with E-state index in [4.69, 9.17) is 5.73 Å². The van der Waals surface area contributed by atoms with Crippen LogP contribution in [0.5, 0.6) is 0 Å². The fourth-order valence-electron chi connectivity index (χ4n) is 2.14. The molecule has 3 nitrogen and oxygen atoms in total. The topological polar surface area (TPSA) is 46.3 Å². The molecule has 0 aliphatic carbocycles. The highest BCUT2D eigenvalue weighted by Crippen LogP contribution is 2.24. The molecular formula is C11H15BrN2OS. The van der Waals surface area contributed by atoms with Crippen molar-refractivity contribution in [1.29, 1.82) is 0 Å². The molecular weight excluding hydrogens is 288 g/mol. The van der Waals surface area contributed by atoms with Crippen molar-refractivity contribution in [3.8, 4) is 0 Å². The standard InChI is InChI=1S/C11H15BrN2OS/c12-8-5-9(16-7-8)6-14-4-2-1-3-10(14)11(13)15/h5,7,10H,1-4,6H2,(H2,13,15). The van der Waals surface area contributed by atoms with Crippen LogP contribution < -0.4 is 5.73 Å². The Bertz CT molecular complexity index is 380. The van der Waals surface area contributed by atoms with Gasteiger partial charge in [0.15, 0.2) is 0 Å². The second-order valence-corrected chi connectivity index (χ2v) is 6.03. The number of piperidine rings is 1. The Morgan fingerprint density at radius 1 is 1.62 bits per heavy atom. The molecule has 5 heteroatoms. The summed E-state index contributed by atoms with van der Waals surface area (Å²) in [6, 6.07) is 2.03. The number of hydrogen-bond donors (Lipinski definition) is 1. The third-order valence-corrected chi connectivity index (χ3v) is 4.61. The van der Waals surface area contributed by atoms with Gasteiger partial charge in [0.05, 0.1) is 6.04 Å². The number of hydrogen-bond acceptors (Lipinski definition) is 3. The monoisotopic (exact) mass is 302 g/mol. The molecule has 1 unspecified atom stereocenters. The van der Waals surface area contributed by atoms with Crippen molar-refractivity contribution in [2.45, 2.75) is 31.8 Å². The van der Waals surface area contributed by atoms with Gasteiger partial charge in [-0.2, -0.15) is 0 Å². The van der Waals surface area contributed by atoms with Gasteiger partial charge in [-0.15, -0.1) is 11.3 Å². The van der Waals surface area contributed by atoms with Gasteiger partial charge in [0.25, 0.3) is 0 Å². The number of halogens is 1. The highest BCUT2D eigenvalue weighted by Gasteiger charge is 2.26. The first-order chi connectivity index (χ1) is 7.66. The molecule has 1 aromatic rings. The molecule has 0 saturated carbocycles. The molecule has 2 N–H and O–H groups in total. The zero-order valence-corrected chi connectivity index (χ0v) is 11.4. The third-order valence-electron chi connectivity index (χ3n) is 2.92. The Kier molecular flexibility index (Phi) is 4.00. The molecule has 0 spiro atoms. The summed E-state index contributed by atoms with van der Waals surface area (Å²) in [6.45, 7) is 1.81. The van der Waals surface area contributed by atoms with Gasteiger partial charge in [0, 0.05) is 21.3 Å². The van der Waals surface area contributed by atoms with Gasteiger partial charge >= 0.3 is 0 Å². The van der Waals surface area contributed by atoms with E-state index in [0.717, 1.165) is 36.8 Å². The van der Waals surface area contributed by atoms with Gasteiger partial charge in [-0.1, -0.05) is 6.42 Å². The molecule has 2 rings (SSSR count). The van der Waals surface area contributed by atoms with E-state index in [2.05, 4.69) is 32.3 Å². The van der Waals surface area contributed by atoms with E-state index < -0.39 is 0 Å². The predicted octanol–water partition coefficient (Wildman–Crippen LogP) is 2.35. The van der Waals surface area contributed by atoms with Crippen LogP contribution in [0.1, 0.15) is 24.1 Å². The van der Waals surface area contributed by atoms with Crippen LogP contribution in [0.4, 0.5) is 0 Å². The normalized spacial score (nSPS) is 22.2. The molecule has 1 saturated heterocycles. The Labute approximate surface area is 108 Å². The summed E-state index contributed by atoms with van der Waals surface area (Å²) in [5, 5.41) is 2.07. The third kappa shape index (κ3) is 2.84. The van der Waals surface area contributed by atoms with E-state index in [9.17, 15) is 4.79 Å². The van der Waals surface area contributed by atoms with Crippen LogP contribution in [0, 0.1) is 0 Å². The fourth-order valence-corrected chi connectivity index (χ4v) is 3.61. The number of likely N-dealkylation sites (tertiary alicyclic amines) is 1. The number of nitrogens with two attached hydrogens (primary N) is 1. The summed E-state index contributed by atoms with van der Waals surface area (Å²) in [4.78, 5) is 14.8. The number of primary amides is 1. The van der Waals surface area contributed by atoms with Gasteiger partial charge in [-0.25, -0.2) is 0 Å². The van der Waals surface area contributed by atoms with Crippen molar-refractivity contribution in [3.63, 3.8) is 0 Å². The molecule has 2 heterocycles. The van der Waals surface area contributed by atoms with Gasteiger partial charge in [0.2, 0.25) is 5.91 Å². The quantitative estimate of drug-likeness (QED) is 0.931. The SMILES string of the molecule is NC(=O)C1CCCCN1Cc1cc(Br)cs1. The number of thiophene rings is 1. The Hall–Kier alpha value is -0.390. The summed E-state index contributed by atoms with van der Waals surface area (Å²) in [5.41, 5.74) is 5.43. The minimum Gasteiger partial charge on any atom is -0.368 e. The molecule has 1 atom stereocenters. The zero-order chi connectivity index (χ0) is 11.5. The summed E-state index contributed by atoms with van der Waals surface area (Å²) in [6.07, 6.45) is 3.18. The smallest absolute Gasteiger partial charge is 0.234 e. The lowest BCUT2D eigenvalue weighted by Crippen LogP contribution is -2.46. The van der Waals surface area contributed by atoms with E-state index in [-0.39, 0.29) is 11.9 Å². The molecule has 0 bridgehead atoms. The van der Waals surface area contributed by atoms with Crippen LogP contribution in [-0.2, 0) is 11.3 Å². The molecule has 1 aliphatic rings. The van der Waals surface area contributed by atoms with Crippen LogP contribution in [0.2, 0.25) is 0 Å². The van der Waals surface area contributed by atoms with E-state index in [0.29, 0.717) is 0 Å². The van der Waals surface area contributed by atoms with Crippen molar-refractivity contribution >= 4 is 33.2 Å². The van der Waals surface area contributed by atoms with E-state index in [1.807, 2.05) is 0 Å². The van der Waals surface area contributed by atoms with Gasteiger partial charge in [0.1, 0.15) is 0 Å². The average molecular weight is 303 g/mol. The van der Waals surface area contributed by atoms with Gasteiger partial charge in [-0.05, 0) is 41.4 Å². The van der Waals surface area contributed by atoms with Crippen molar-refractivity contribution < 1.29 is 4.79 Å². The number of amides is 1. The summed E-state index contributed by atoms with van der Waals surface area (Å²) >= 11 is 5.16. The number of rotatable bonds is 3. The first kappa shape index (κ1) is 12.1. The lowest BCUT2D eigenvalue weighted by molar-refractivity contribution is -0.124. The maximum atomic E-state index is 11.3. The van der Waals surface area contributed by atoms with Crippen LogP contribution in [-0.4, -0.2) is 23.4 Å². The summed E-state index contributed by atoms with van der Waals surface area (Å²) in [5.74, 6) is -0.185. The Morgan fingerprint density at radius 3 is 3.06 bits per heavy atom. The molecule has 1 amide bonds. The first-order valence-corrected chi connectivity index (χ1v) is 7.10. The van der Waals surface area contributed by atoms with Crippen molar-refractivity contribution in [1.82, 2.24) is 4.90 Å². The maximum absolute atomic E-state index is 11.3. The molecule has 1 aliphatic heterocycles. The molecule has 0 aromatic carbocycles. The second kappa shape index (κ2) is 5.29. The fraction of sp³-hybridized carbons (Fsp3) is 0.545. The van der Waals surface area contributed by atoms with Gasteiger partial charge in [-0.3, -0.25) is 9.69 Å². The average Bonchev–Trinajstić information content (AvgIpc) is 2.64. The Morgan fingerprint density at radius 2 is 2.44 bits per heavy atom. The van der Waals surface area contributed by atoms with Crippen molar-refractivity contribution in [3.05, 3.63) is 20.8 Å². The second-order valence-electron chi connectivity index (χ2n) is 4.12. The lowest BCUT2D eigenvalue weighted by Gasteiger charge is -2.33. The highest BCUT2D eigenvalue weighted by molar-refractivity contribution is 9.10. The lowest BCUT2D eigenvalue weighted by atomic mass is 10.0. The van der Waals surface area contributed by atoms with Gasteiger partial charge < -0.3 is 5.73 Å². The van der Waals surface area contributed by atoms with E-state index in [1.165, 1.54) is 4.88 Å². The molecule has 1 fully saturated rings. The summed E-state index contributed by atoms with van der Waals surface area (Å²) in [7, 11) is 0. The largest absolute Gasteiger partial charge is 0.368 e. The van der Waals surface area contributed by atoms with Crippen LogP contribution in [0.25, 0.3) is 0 Å². The number of carbonyl (C=O) groups is 1. The minimum absolute atomic E-state index is 0.0744. The number of nitrogens with zero attached hydrogens (tertiary/aromatic N) is 1. The maximum Gasteiger partial charge on any atom is 0.234 e. The van der Waals surface area contributed by atoms with E-state index in [1.54, 1.807) is 11.3 Å². The highest BCUT2D eigenvalue weighted by atomic mass is 79.9. The van der Waals surface area contributed by atoms with Crippen molar-refractivity contribution in [2.24, 2.45) is 5.73 Å². The minimum atomic E-state index is -0.185. The zero-order valence-electron chi connectivity index (χ0n) is 8.99. The number of carbonyl (C=O) groups excluding carboxylic acids is 1. The summed E-state index contributed by atoms with van der Waals surface area (Å²) < 4.78 is 1.11. The van der Waals surface area contributed by atoms with E-state index >= 15 is 0 Å². The predicted molar refractivity (Wildman–Crippen MR) is 69.3 cm³/mol. The van der Waals surface area contributed by atoms with Crippen LogP contribution >= 0.6 is 27.3 Å². The van der Waals surface area contributed by atoms with Crippen molar-refractivity contribution in [2.75, 3.05) is 6.54 Å². The first-order valence-electron chi connectivity index (χ1n) is 5.43. The van der Waals surface area contributed by atoms with Crippen LogP contribution in [0.15, 0.2) is 15.9 Å².